The van der Waals surface area contributed by atoms with E-state index in [0.29, 0.717) is 27.7 Å². The third kappa shape index (κ3) is 4.53. The van der Waals surface area contributed by atoms with E-state index in [1.54, 1.807) is 6.07 Å². The zero-order valence-electron chi connectivity index (χ0n) is 15.4. The first kappa shape index (κ1) is 21.2. The molecule has 158 valence electrons. The maximum Gasteiger partial charge on any atom is 0.416 e. The molecular formula is C21H12F5IN4. The Morgan fingerprint density at radius 2 is 1.48 bits per heavy atom. The molecule has 0 unspecified atom stereocenters. The Kier molecular flexibility index (Phi) is 5.65. The Morgan fingerprint density at radius 3 is 2.23 bits per heavy atom. The number of aromatic amines is 2. The van der Waals surface area contributed by atoms with Crippen LogP contribution in [0.15, 0.2) is 60.7 Å². The molecule has 2 aromatic heterocycles. The van der Waals surface area contributed by atoms with Gasteiger partial charge in [0.2, 0.25) is 0 Å². The Hall–Kier alpha value is -3.02. The topological polar surface area (TPSA) is 57.4 Å². The second-order valence-corrected chi connectivity index (χ2v) is 7.62. The highest BCUT2D eigenvalue weighted by Gasteiger charge is 2.30. The Labute approximate surface area is 185 Å². The summed E-state index contributed by atoms with van der Waals surface area (Å²) in [5.41, 5.74) is 1.07. The molecule has 5 aromatic rings. The minimum absolute atomic E-state index is 0.250. The predicted molar refractivity (Wildman–Crippen MR) is 115 cm³/mol. The number of hydrogen-bond donors (Lipinski definition) is 2. The lowest BCUT2D eigenvalue weighted by molar-refractivity contribution is -0.137. The minimum Gasteiger partial charge on any atom is -0.277 e. The molecule has 4 nitrogen and oxygen atoms in total. The van der Waals surface area contributed by atoms with Crippen LogP contribution in [0.4, 0.5) is 22.0 Å². The first-order chi connectivity index (χ1) is 14.7. The summed E-state index contributed by atoms with van der Waals surface area (Å²) >= 11 is 2.12. The number of aromatic nitrogens is 4. The van der Waals surface area contributed by atoms with Crippen molar-refractivity contribution in [2.45, 2.75) is 6.18 Å². The van der Waals surface area contributed by atoms with E-state index in [0.717, 1.165) is 21.2 Å². The lowest BCUT2D eigenvalue weighted by Crippen LogP contribution is -2.04. The number of hydrogen-bond acceptors (Lipinski definition) is 2. The molecule has 0 spiro atoms. The van der Waals surface area contributed by atoms with Gasteiger partial charge in [-0.1, -0.05) is 12.1 Å². The number of benzene rings is 3. The third-order valence-electron chi connectivity index (χ3n) is 4.46. The second-order valence-electron chi connectivity index (χ2n) is 6.54. The van der Waals surface area contributed by atoms with Gasteiger partial charge in [-0.2, -0.15) is 23.4 Å². The summed E-state index contributed by atoms with van der Waals surface area (Å²) in [7, 11) is 0. The maximum atomic E-state index is 13.1. The lowest BCUT2D eigenvalue weighted by atomic mass is 10.0. The largest absolute Gasteiger partial charge is 0.416 e. The zero-order chi connectivity index (χ0) is 22.2. The summed E-state index contributed by atoms with van der Waals surface area (Å²) in [5, 5.41) is 14.8. The van der Waals surface area contributed by atoms with Crippen LogP contribution in [0.2, 0.25) is 0 Å². The van der Waals surface area contributed by atoms with E-state index in [1.165, 1.54) is 42.5 Å². The van der Waals surface area contributed by atoms with Gasteiger partial charge in [-0.15, -0.1) is 0 Å². The van der Waals surface area contributed by atoms with Crippen LogP contribution in [0.5, 0.6) is 0 Å². The van der Waals surface area contributed by atoms with Gasteiger partial charge in [0, 0.05) is 22.4 Å². The highest BCUT2D eigenvalue weighted by Crippen LogP contribution is 2.33. The summed E-state index contributed by atoms with van der Waals surface area (Å²) in [6.07, 6.45) is -4.41. The number of rotatable bonds is 1. The normalized spacial score (nSPS) is 11.5. The molecular weight excluding hydrogens is 530 g/mol. The zero-order valence-corrected chi connectivity index (χ0v) is 17.6. The summed E-state index contributed by atoms with van der Waals surface area (Å²) in [4.78, 5) is 0. The van der Waals surface area contributed by atoms with Gasteiger partial charge in [0.25, 0.3) is 0 Å². The molecule has 0 aliphatic heterocycles. The van der Waals surface area contributed by atoms with E-state index in [4.69, 9.17) is 0 Å². The van der Waals surface area contributed by atoms with Crippen LogP contribution in [0.25, 0.3) is 33.1 Å². The van der Waals surface area contributed by atoms with E-state index < -0.39 is 17.6 Å². The first-order valence-corrected chi connectivity index (χ1v) is 9.90. The van der Waals surface area contributed by atoms with Crippen LogP contribution < -0.4 is 0 Å². The summed E-state index contributed by atoms with van der Waals surface area (Å²) in [6, 6.07) is 13.4. The fraction of sp³-hybridized carbons (Fsp3) is 0.0476. The van der Waals surface area contributed by atoms with Gasteiger partial charge in [0.05, 0.1) is 22.3 Å². The Morgan fingerprint density at radius 1 is 0.774 bits per heavy atom. The summed E-state index contributed by atoms with van der Waals surface area (Å²) < 4.78 is 64.7. The Balaban J connectivity index is 0.000000177. The molecule has 0 aliphatic carbocycles. The van der Waals surface area contributed by atoms with Gasteiger partial charge >= 0.3 is 6.18 Å². The van der Waals surface area contributed by atoms with Crippen molar-refractivity contribution in [1.82, 2.24) is 20.4 Å². The van der Waals surface area contributed by atoms with Crippen molar-refractivity contribution >= 4 is 44.4 Å². The summed E-state index contributed by atoms with van der Waals surface area (Å²) in [6.45, 7) is 0. The average Bonchev–Trinajstić information content (AvgIpc) is 3.31. The molecule has 0 atom stereocenters. The van der Waals surface area contributed by atoms with E-state index in [1.807, 2.05) is 0 Å². The predicted octanol–water partition coefficient (Wildman–Crippen LogP) is 6.69. The van der Waals surface area contributed by atoms with E-state index in [-0.39, 0.29) is 5.82 Å². The van der Waals surface area contributed by atoms with Gasteiger partial charge in [0.15, 0.2) is 0 Å². The highest BCUT2D eigenvalue weighted by molar-refractivity contribution is 14.1. The number of fused-ring (bicyclic) bond motifs is 2. The standard InChI is InChI=1S/C14H8F4N2.C7H4FIN2/c15-10-4-5-11-12(7-10)19-20-13(11)8-2-1-3-9(6-8)14(16,17)18;8-4-1-2-5-6(3-4)10-11-7(5)9/h1-7H,(H,19,20);1-3H,(H,10,11). The van der Waals surface area contributed by atoms with Crippen LogP contribution in [0.3, 0.4) is 0 Å². The number of halogens is 6. The molecule has 0 bridgehead atoms. The van der Waals surface area contributed by atoms with Gasteiger partial charge in [-0.3, -0.25) is 10.2 Å². The van der Waals surface area contributed by atoms with Gasteiger partial charge in [0.1, 0.15) is 15.3 Å². The van der Waals surface area contributed by atoms with Crippen molar-refractivity contribution in [2.24, 2.45) is 0 Å². The quantitative estimate of drug-likeness (QED) is 0.183. The maximum absolute atomic E-state index is 13.1. The number of nitrogens with zero attached hydrogens (tertiary/aromatic N) is 2. The number of H-pyrrole nitrogens is 2. The van der Waals surface area contributed by atoms with E-state index >= 15 is 0 Å². The molecule has 2 N–H and O–H groups in total. The molecule has 5 rings (SSSR count). The van der Waals surface area contributed by atoms with Crippen molar-refractivity contribution in [1.29, 1.82) is 0 Å². The average molecular weight is 542 g/mol. The number of alkyl halides is 3. The molecule has 3 aromatic carbocycles. The number of nitrogens with one attached hydrogen (secondary N) is 2. The molecule has 0 aliphatic rings. The smallest absolute Gasteiger partial charge is 0.277 e. The van der Waals surface area contributed by atoms with Gasteiger partial charge in [-0.05, 0) is 65.1 Å². The molecule has 0 saturated heterocycles. The Bertz CT molecular complexity index is 1370. The fourth-order valence-corrected chi connectivity index (χ4v) is 3.58. The van der Waals surface area contributed by atoms with Gasteiger partial charge < -0.3 is 0 Å². The van der Waals surface area contributed by atoms with E-state index in [2.05, 4.69) is 43.0 Å². The summed E-state index contributed by atoms with van der Waals surface area (Å²) in [5.74, 6) is -0.683. The monoisotopic (exact) mass is 542 g/mol. The van der Waals surface area contributed by atoms with Crippen LogP contribution in [0.1, 0.15) is 5.56 Å². The van der Waals surface area contributed by atoms with Crippen molar-refractivity contribution in [3.05, 3.63) is 81.6 Å². The molecule has 0 amide bonds. The van der Waals surface area contributed by atoms with Crippen molar-refractivity contribution < 1.29 is 22.0 Å². The fourth-order valence-electron chi connectivity index (χ4n) is 3.01. The van der Waals surface area contributed by atoms with Crippen LogP contribution in [-0.2, 0) is 6.18 Å². The molecule has 0 fully saturated rings. The third-order valence-corrected chi connectivity index (χ3v) is 5.28. The SMILES string of the molecule is Fc1ccc2c(-c3cccc(C(F)(F)F)c3)n[nH]c2c1.Fc1ccc2c(I)[nH]nc2c1. The van der Waals surface area contributed by atoms with E-state index in [9.17, 15) is 22.0 Å². The lowest BCUT2D eigenvalue weighted by Gasteiger charge is -2.07. The van der Waals surface area contributed by atoms with Gasteiger partial charge in [-0.25, -0.2) is 8.78 Å². The van der Waals surface area contributed by atoms with Crippen LogP contribution in [0, 0.1) is 15.3 Å². The van der Waals surface area contributed by atoms with Crippen molar-refractivity contribution in [3.63, 3.8) is 0 Å². The van der Waals surface area contributed by atoms with Crippen LogP contribution >= 0.6 is 22.6 Å². The highest BCUT2D eigenvalue weighted by atomic mass is 127. The minimum atomic E-state index is -4.41. The molecule has 31 heavy (non-hydrogen) atoms. The van der Waals surface area contributed by atoms with Crippen LogP contribution in [-0.4, -0.2) is 20.4 Å². The first-order valence-electron chi connectivity index (χ1n) is 8.83. The molecule has 0 saturated carbocycles. The van der Waals surface area contributed by atoms with Crippen molar-refractivity contribution in [2.75, 3.05) is 0 Å². The molecule has 0 radical (unpaired) electrons. The second kappa shape index (κ2) is 8.25. The molecule has 10 heteroatoms. The van der Waals surface area contributed by atoms with Crippen molar-refractivity contribution in [3.8, 4) is 11.3 Å². The molecule has 2 heterocycles.